The Morgan fingerprint density at radius 2 is 1.88 bits per heavy atom. The zero-order chi connectivity index (χ0) is 10.7. The Bertz CT molecular complexity index is 330. The van der Waals surface area contributed by atoms with Crippen LogP contribution in [0.5, 0.6) is 0 Å². The lowest BCUT2D eigenvalue weighted by atomic mass is 10.1. The van der Waals surface area contributed by atoms with Crippen molar-refractivity contribution in [2.75, 3.05) is 26.2 Å². The number of benzene rings is 1. The monoisotopic (exact) mass is 388 g/mol. The van der Waals surface area contributed by atoms with Gasteiger partial charge in [-0.15, -0.1) is 24.8 Å². The van der Waals surface area contributed by atoms with Gasteiger partial charge >= 0.3 is 0 Å². The molecular weight excluding hydrogens is 370 g/mol. The number of rotatable bonds is 2. The van der Waals surface area contributed by atoms with E-state index >= 15 is 0 Å². The molecule has 1 aliphatic heterocycles. The highest BCUT2D eigenvalue weighted by Gasteiger charge is 2.17. The minimum Gasteiger partial charge on any atom is -0.314 e. The van der Waals surface area contributed by atoms with Gasteiger partial charge in [-0.05, 0) is 47.2 Å². The van der Waals surface area contributed by atoms with Crippen molar-refractivity contribution in [1.29, 1.82) is 0 Å². The van der Waals surface area contributed by atoms with Gasteiger partial charge in [-0.2, -0.15) is 0 Å². The molecule has 1 atom stereocenters. The van der Waals surface area contributed by atoms with Crippen molar-refractivity contribution in [2.45, 2.75) is 13.0 Å². The molecule has 0 amide bonds. The lowest BCUT2D eigenvalue weighted by Gasteiger charge is -2.33. The average molecular weight is 389 g/mol. The summed E-state index contributed by atoms with van der Waals surface area (Å²) in [6, 6.07) is 9.36. The maximum absolute atomic E-state index is 3.39. The number of nitrogens with one attached hydrogen (secondary N) is 1. The van der Waals surface area contributed by atoms with E-state index in [0.717, 1.165) is 26.2 Å². The highest BCUT2D eigenvalue weighted by Crippen LogP contribution is 2.21. The number of hydrogen-bond acceptors (Lipinski definition) is 2. The molecule has 1 aromatic carbocycles. The van der Waals surface area contributed by atoms with Gasteiger partial charge in [-0.25, -0.2) is 0 Å². The van der Waals surface area contributed by atoms with E-state index in [-0.39, 0.29) is 24.8 Å². The Labute approximate surface area is 129 Å². The summed E-state index contributed by atoms with van der Waals surface area (Å²) in [7, 11) is 0. The largest absolute Gasteiger partial charge is 0.314 e. The van der Waals surface area contributed by atoms with E-state index in [9.17, 15) is 0 Å². The summed E-state index contributed by atoms with van der Waals surface area (Å²) in [5.41, 5.74) is 1.43. The van der Waals surface area contributed by atoms with Crippen LogP contribution in [0.1, 0.15) is 18.5 Å². The Balaban J connectivity index is 0.00000128. The highest BCUT2D eigenvalue weighted by molar-refractivity contribution is 14.1. The van der Waals surface area contributed by atoms with E-state index in [4.69, 9.17) is 0 Å². The first-order valence-electron chi connectivity index (χ1n) is 5.47. The summed E-state index contributed by atoms with van der Waals surface area (Å²) < 4.78 is 1.33. The van der Waals surface area contributed by atoms with Gasteiger partial charge in [0.1, 0.15) is 0 Å². The standard InChI is InChI=1S/C12H17IN2.2ClH/c1-10(15-7-5-14-6-8-15)11-3-2-4-12(13)9-11;;/h2-4,9-10,14H,5-8H2,1H3;2*1H/t10-;;/m0../s1. The van der Waals surface area contributed by atoms with E-state index in [1.54, 1.807) is 0 Å². The smallest absolute Gasteiger partial charge is 0.0321 e. The molecule has 0 aliphatic carbocycles. The topological polar surface area (TPSA) is 15.3 Å². The van der Waals surface area contributed by atoms with Gasteiger partial charge in [0.15, 0.2) is 0 Å². The molecule has 1 aromatic rings. The van der Waals surface area contributed by atoms with Gasteiger partial charge in [-0.3, -0.25) is 4.90 Å². The first-order valence-corrected chi connectivity index (χ1v) is 6.55. The molecule has 0 unspecified atom stereocenters. The quantitative estimate of drug-likeness (QED) is 0.783. The van der Waals surface area contributed by atoms with Crippen LogP contribution in [0, 0.1) is 3.57 Å². The minimum absolute atomic E-state index is 0. The van der Waals surface area contributed by atoms with E-state index in [0.29, 0.717) is 6.04 Å². The normalized spacial score (nSPS) is 17.8. The molecular formula is C12H19Cl2IN2. The fourth-order valence-electron chi connectivity index (χ4n) is 2.05. The fourth-order valence-corrected chi connectivity index (χ4v) is 2.61. The van der Waals surface area contributed by atoms with Gasteiger partial charge in [0.2, 0.25) is 0 Å². The second kappa shape index (κ2) is 8.53. The van der Waals surface area contributed by atoms with Crippen molar-refractivity contribution in [2.24, 2.45) is 0 Å². The molecule has 98 valence electrons. The van der Waals surface area contributed by atoms with Crippen LogP contribution >= 0.6 is 47.4 Å². The Kier molecular flexibility index (Phi) is 8.76. The summed E-state index contributed by atoms with van der Waals surface area (Å²) in [5.74, 6) is 0. The Morgan fingerprint density at radius 3 is 2.47 bits per heavy atom. The molecule has 1 heterocycles. The Hall–Kier alpha value is 0.450. The van der Waals surface area contributed by atoms with Crippen LogP contribution in [0.25, 0.3) is 0 Å². The molecule has 0 radical (unpaired) electrons. The number of hydrogen-bond donors (Lipinski definition) is 1. The molecule has 0 aromatic heterocycles. The van der Waals surface area contributed by atoms with E-state index in [2.05, 4.69) is 64.0 Å². The molecule has 1 fully saturated rings. The van der Waals surface area contributed by atoms with Gasteiger partial charge < -0.3 is 5.32 Å². The fraction of sp³-hybridized carbons (Fsp3) is 0.500. The van der Waals surface area contributed by atoms with Gasteiger partial charge in [0.25, 0.3) is 0 Å². The maximum Gasteiger partial charge on any atom is 0.0321 e. The predicted molar refractivity (Wildman–Crippen MR) is 86.5 cm³/mol. The predicted octanol–water partition coefficient (Wildman–Crippen LogP) is 3.10. The van der Waals surface area contributed by atoms with Crippen LogP contribution in [-0.2, 0) is 0 Å². The van der Waals surface area contributed by atoms with Crippen LogP contribution in [0.2, 0.25) is 0 Å². The third-order valence-corrected chi connectivity index (χ3v) is 3.70. The van der Waals surface area contributed by atoms with Crippen molar-refractivity contribution < 1.29 is 0 Å². The van der Waals surface area contributed by atoms with Crippen molar-refractivity contribution in [1.82, 2.24) is 10.2 Å². The summed E-state index contributed by atoms with van der Waals surface area (Å²) in [6.45, 7) is 6.86. The summed E-state index contributed by atoms with van der Waals surface area (Å²) >= 11 is 2.38. The zero-order valence-corrected chi connectivity index (χ0v) is 13.6. The second-order valence-corrected chi connectivity index (χ2v) is 5.26. The minimum atomic E-state index is 0. The average Bonchev–Trinajstić information content (AvgIpc) is 2.29. The van der Waals surface area contributed by atoms with Gasteiger partial charge in [0, 0.05) is 35.8 Å². The third-order valence-electron chi connectivity index (χ3n) is 3.03. The molecule has 5 heteroatoms. The zero-order valence-electron chi connectivity index (χ0n) is 9.86. The molecule has 2 nitrogen and oxygen atoms in total. The number of nitrogens with zero attached hydrogens (tertiary/aromatic N) is 1. The molecule has 0 saturated carbocycles. The molecule has 17 heavy (non-hydrogen) atoms. The van der Waals surface area contributed by atoms with Crippen LogP contribution in [0.3, 0.4) is 0 Å². The highest BCUT2D eigenvalue weighted by atomic mass is 127. The van der Waals surface area contributed by atoms with Gasteiger partial charge in [-0.1, -0.05) is 12.1 Å². The van der Waals surface area contributed by atoms with Crippen molar-refractivity contribution in [3.8, 4) is 0 Å². The van der Waals surface area contributed by atoms with Crippen molar-refractivity contribution >= 4 is 47.4 Å². The molecule has 0 bridgehead atoms. The number of halogens is 3. The van der Waals surface area contributed by atoms with Crippen LogP contribution in [0.4, 0.5) is 0 Å². The molecule has 0 spiro atoms. The second-order valence-electron chi connectivity index (χ2n) is 4.02. The first-order chi connectivity index (χ1) is 7.27. The summed E-state index contributed by atoms with van der Waals surface area (Å²) in [4.78, 5) is 2.54. The lowest BCUT2D eigenvalue weighted by molar-refractivity contribution is 0.185. The lowest BCUT2D eigenvalue weighted by Crippen LogP contribution is -2.44. The van der Waals surface area contributed by atoms with E-state index in [1.807, 2.05) is 0 Å². The van der Waals surface area contributed by atoms with Gasteiger partial charge in [0.05, 0.1) is 0 Å². The SMILES string of the molecule is C[C@@H](c1cccc(I)c1)N1CCNCC1.Cl.Cl. The van der Waals surface area contributed by atoms with Crippen molar-refractivity contribution in [3.63, 3.8) is 0 Å². The molecule has 1 N–H and O–H groups in total. The van der Waals surface area contributed by atoms with Crippen LogP contribution in [0.15, 0.2) is 24.3 Å². The van der Waals surface area contributed by atoms with Crippen LogP contribution < -0.4 is 5.32 Å². The summed E-state index contributed by atoms with van der Waals surface area (Å²) in [6.07, 6.45) is 0. The number of piperazine rings is 1. The van der Waals surface area contributed by atoms with Crippen molar-refractivity contribution in [3.05, 3.63) is 33.4 Å². The van der Waals surface area contributed by atoms with E-state index < -0.39 is 0 Å². The molecule has 1 saturated heterocycles. The molecule has 1 aliphatic rings. The van der Waals surface area contributed by atoms with E-state index in [1.165, 1.54) is 9.13 Å². The first kappa shape index (κ1) is 17.4. The summed E-state index contributed by atoms with van der Waals surface area (Å²) in [5, 5.41) is 3.39. The molecule has 2 rings (SSSR count). The Morgan fingerprint density at radius 1 is 1.24 bits per heavy atom. The maximum atomic E-state index is 3.39. The third kappa shape index (κ3) is 4.91. The van der Waals surface area contributed by atoms with Crippen LogP contribution in [-0.4, -0.2) is 31.1 Å².